The highest BCUT2D eigenvalue weighted by Crippen LogP contribution is 2.26. The standard InChI is InChI=1S/C23H28N4O2S/c1-3-11-27-21(24-18-9-6-5-8-17(18)22(27)28)19(4-2)25-12-14-26(15-13-25)23(29)20-10-7-16-30-20/h5-10,16,19H,3-4,11-15H2,1-2H3. The Balaban J connectivity index is 1.60. The number of benzene rings is 1. The van der Waals surface area contributed by atoms with Gasteiger partial charge in [0.15, 0.2) is 0 Å². The van der Waals surface area contributed by atoms with Crippen LogP contribution in [0.1, 0.15) is 48.2 Å². The van der Waals surface area contributed by atoms with E-state index in [-0.39, 0.29) is 17.5 Å². The zero-order valence-electron chi connectivity index (χ0n) is 17.6. The van der Waals surface area contributed by atoms with Crippen LogP contribution in [0.4, 0.5) is 0 Å². The first-order valence-electron chi connectivity index (χ1n) is 10.7. The molecule has 30 heavy (non-hydrogen) atoms. The van der Waals surface area contributed by atoms with Gasteiger partial charge in [0.1, 0.15) is 5.82 Å². The van der Waals surface area contributed by atoms with E-state index in [1.807, 2.05) is 51.2 Å². The van der Waals surface area contributed by atoms with Crippen LogP contribution in [0.2, 0.25) is 0 Å². The average Bonchev–Trinajstić information content (AvgIpc) is 3.32. The lowest BCUT2D eigenvalue weighted by Gasteiger charge is -2.39. The smallest absolute Gasteiger partial charge is 0.264 e. The molecule has 0 radical (unpaired) electrons. The molecule has 158 valence electrons. The van der Waals surface area contributed by atoms with Crippen molar-refractivity contribution in [2.45, 2.75) is 39.3 Å². The number of para-hydroxylation sites is 1. The molecule has 1 aliphatic rings. The second-order valence-electron chi connectivity index (χ2n) is 7.67. The number of piperazine rings is 1. The van der Waals surface area contributed by atoms with Crippen LogP contribution in [0.15, 0.2) is 46.6 Å². The fraction of sp³-hybridized carbons (Fsp3) is 0.435. The molecule has 0 spiro atoms. The van der Waals surface area contributed by atoms with Crippen LogP contribution < -0.4 is 5.56 Å². The molecule has 0 N–H and O–H groups in total. The lowest BCUT2D eigenvalue weighted by atomic mass is 10.1. The molecule has 0 saturated carbocycles. The predicted octanol–water partition coefficient (Wildman–Crippen LogP) is 3.78. The van der Waals surface area contributed by atoms with Crippen molar-refractivity contribution in [3.05, 3.63) is 62.8 Å². The molecule has 1 saturated heterocycles. The SMILES string of the molecule is CCCn1c(C(CC)N2CCN(C(=O)c3cccs3)CC2)nc2ccccc2c1=O. The van der Waals surface area contributed by atoms with Crippen LogP contribution in [0, 0.1) is 0 Å². The van der Waals surface area contributed by atoms with Crippen molar-refractivity contribution >= 4 is 28.1 Å². The van der Waals surface area contributed by atoms with Crippen LogP contribution in [0.25, 0.3) is 10.9 Å². The molecule has 0 aliphatic carbocycles. The third-order valence-corrected chi connectivity index (χ3v) is 6.66. The van der Waals surface area contributed by atoms with Gasteiger partial charge in [0, 0.05) is 32.7 Å². The lowest BCUT2D eigenvalue weighted by molar-refractivity contribution is 0.0553. The molecule has 1 aromatic carbocycles. The molecular weight excluding hydrogens is 396 g/mol. The minimum absolute atomic E-state index is 0.0439. The Morgan fingerprint density at radius 1 is 1.10 bits per heavy atom. The Bertz CT molecular complexity index is 1070. The molecule has 1 atom stereocenters. The number of carbonyl (C=O) groups excluding carboxylic acids is 1. The summed E-state index contributed by atoms with van der Waals surface area (Å²) in [5.41, 5.74) is 0.803. The predicted molar refractivity (Wildman–Crippen MR) is 121 cm³/mol. The first-order valence-corrected chi connectivity index (χ1v) is 11.6. The summed E-state index contributed by atoms with van der Waals surface area (Å²) >= 11 is 1.49. The summed E-state index contributed by atoms with van der Waals surface area (Å²) in [4.78, 5) is 35.9. The number of thiophene rings is 1. The van der Waals surface area contributed by atoms with E-state index in [1.54, 1.807) is 0 Å². The van der Waals surface area contributed by atoms with Gasteiger partial charge in [-0.2, -0.15) is 0 Å². The maximum Gasteiger partial charge on any atom is 0.264 e. The summed E-state index contributed by atoms with van der Waals surface area (Å²) in [6.07, 6.45) is 1.75. The van der Waals surface area contributed by atoms with E-state index in [0.29, 0.717) is 25.0 Å². The van der Waals surface area contributed by atoms with Gasteiger partial charge in [-0.3, -0.25) is 19.1 Å². The van der Waals surface area contributed by atoms with E-state index < -0.39 is 0 Å². The maximum absolute atomic E-state index is 13.2. The minimum Gasteiger partial charge on any atom is -0.335 e. The molecule has 3 aromatic rings. The van der Waals surface area contributed by atoms with Crippen molar-refractivity contribution in [1.29, 1.82) is 0 Å². The molecule has 6 nitrogen and oxygen atoms in total. The van der Waals surface area contributed by atoms with Crippen molar-refractivity contribution in [3.8, 4) is 0 Å². The number of hydrogen-bond donors (Lipinski definition) is 0. The van der Waals surface area contributed by atoms with Crippen molar-refractivity contribution in [2.24, 2.45) is 0 Å². The fourth-order valence-electron chi connectivity index (χ4n) is 4.28. The number of rotatable bonds is 6. The van der Waals surface area contributed by atoms with Crippen LogP contribution in [-0.4, -0.2) is 51.4 Å². The number of amides is 1. The molecule has 1 unspecified atom stereocenters. The number of fused-ring (bicyclic) bond motifs is 1. The Labute approximate surface area is 180 Å². The van der Waals surface area contributed by atoms with Crippen LogP contribution >= 0.6 is 11.3 Å². The summed E-state index contributed by atoms with van der Waals surface area (Å²) in [7, 11) is 0. The van der Waals surface area contributed by atoms with Gasteiger partial charge in [-0.15, -0.1) is 11.3 Å². The molecule has 7 heteroatoms. The van der Waals surface area contributed by atoms with E-state index in [0.717, 1.165) is 42.1 Å². The van der Waals surface area contributed by atoms with Gasteiger partial charge in [0.05, 0.1) is 21.8 Å². The molecule has 1 aliphatic heterocycles. The van der Waals surface area contributed by atoms with Gasteiger partial charge in [-0.05, 0) is 36.4 Å². The normalized spacial score (nSPS) is 16.1. The zero-order valence-corrected chi connectivity index (χ0v) is 18.4. The number of carbonyl (C=O) groups is 1. The third-order valence-electron chi connectivity index (χ3n) is 5.80. The second-order valence-corrected chi connectivity index (χ2v) is 8.62. The molecular formula is C23H28N4O2S. The first-order chi connectivity index (χ1) is 14.6. The fourth-order valence-corrected chi connectivity index (χ4v) is 4.97. The van der Waals surface area contributed by atoms with Crippen LogP contribution in [-0.2, 0) is 6.54 Å². The van der Waals surface area contributed by atoms with E-state index >= 15 is 0 Å². The summed E-state index contributed by atoms with van der Waals surface area (Å²) in [5, 5.41) is 2.62. The molecule has 0 bridgehead atoms. The molecule has 1 amide bonds. The maximum atomic E-state index is 13.2. The van der Waals surface area contributed by atoms with Gasteiger partial charge >= 0.3 is 0 Å². The number of hydrogen-bond acceptors (Lipinski definition) is 5. The topological polar surface area (TPSA) is 58.4 Å². The van der Waals surface area contributed by atoms with Crippen LogP contribution in [0.3, 0.4) is 0 Å². The van der Waals surface area contributed by atoms with Gasteiger partial charge in [-0.25, -0.2) is 4.98 Å². The monoisotopic (exact) mass is 424 g/mol. The molecule has 1 fully saturated rings. The lowest BCUT2D eigenvalue weighted by Crippen LogP contribution is -2.50. The molecule has 3 heterocycles. The number of aromatic nitrogens is 2. The summed E-state index contributed by atoms with van der Waals surface area (Å²) in [6.45, 7) is 7.85. The number of nitrogens with zero attached hydrogens (tertiary/aromatic N) is 4. The van der Waals surface area contributed by atoms with Crippen molar-refractivity contribution in [3.63, 3.8) is 0 Å². The largest absolute Gasteiger partial charge is 0.335 e. The van der Waals surface area contributed by atoms with Gasteiger partial charge in [0.2, 0.25) is 0 Å². The molecule has 4 rings (SSSR count). The highest BCUT2D eigenvalue weighted by Gasteiger charge is 2.29. The average molecular weight is 425 g/mol. The molecule has 2 aromatic heterocycles. The van der Waals surface area contributed by atoms with Crippen molar-refractivity contribution < 1.29 is 4.79 Å². The van der Waals surface area contributed by atoms with Crippen LogP contribution in [0.5, 0.6) is 0 Å². The summed E-state index contributed by atoms with van der Waals surface area (Å²) < 4.78 is 1.86. The Kier molecular flexibility index (Phi) is 6.29. The Hall–Kier alpha value is -2.51. The second kappa shape index (κ2) is 9.10. The van der Waals surface area contributed by atoms with E-state index in [1.165, 1.54) is 11.3 Å². The minimum atomic E-state index is 0.0439. The van der Waals surface area contributed by atoms with Crippen molar-refractivity contribution in [1.82, 2.24) is 19.4 Å². The Morgan fingerprint density at radius 2 is 1.87 bits per heavy atom. The van der Waals surface area contributed by atoms with Gasteiger partial charge < -0.3 is 4.90 Å². The summed E-state index contributed by atoms with van der Waals surface area (Å²) in [6, 6.07) is 11.5. The highest BCUT2D eigenvalue weighted by molar-refractivity contribution is 7.12. The first kappa shape index (κ1) is 20.8. The van der Waals surface area contributed by atoms with Gasteiger partial charge in [-0.1, -0.05) is 32.0 Å². The third kappa shape index (κ3) is 3.91. The summed E-state index contributed by atoms with van der Waals surface area (Å²) in [5.74, 6) is 0.963. The highest BCUT2D eigenvalue weighted by atomic mass is 32.1. The zero-order chi connectivity index (χ0) is 21.1. The van der Waals surface area contributed by atoms with E-state index in [2.05, 4.69) is 18.7 Å². The quantitative estimate of drug-likeness (QED) is 0.604. The van der Waals surface area contributed by atoms with E-state index in [9.17, 15) is 9.59 Å². The van der Waals surface area contributed by atoms with Crippen molar-refractivity contribution in [2.75, 3.05) is 26.2 Å². The van der Waals surface area contributed by atoms with E-state index in [4.69, 9.17) is 4.98 Å². The Morgan fingerprint density at radius 3 is 2.53 bits per heavy atom. The van der Waals surface area contributed by atoms with Gasteiger partial charge in [0.25, 0.3) is 11.5 Å².